The Bertz CT molecular complexity index is 996. The molecule has 0 aliphatic carbocycles. The molecule has 1 aromatic carbocycles. The summed E-state index contributed by atoms with van der Waals surface area (Å²) in [5.74, 6) is 0.0696. The lowest BCUT2D eigenvalue weighted by atomic mass is 10.2. The molecule has 0 spiro atoms. The molecular weight excluding hydrogens is 330 g/mol. The second-order valence-electron chi connectivity index (χ2n) is 5.38. The van der Waals surface area contributed by atoms with Gasteiger partial charge >= 0.3 is 0 Å². The number of nitrogens with one attached hydrogen (secondary N) is 3. The normalized spacial score (nSPS) is 10.7. The standard InChI is InChI=1S/C19H17N5O2/c1-20-19-21-10-9-15(24-19)14-11-16(18(26)22-12-14)23-17(25)8-7-13-5-3-2-4-6-13/h2-12H,1H3,(H,22,26)(H,23,25)(H,20,21,24). The quantitative estimate of drug-likeness (QED) is 0.616. The van der Waals surface area contributed by atoms with Gasteiger partial charge in [0, 0.05) is 31.1 Å². The Labute approximate surface area is 149 Å². The van der Waals surface area contributed by atoms with E-state index in [1.165, 1.54) is 6.08 Å². The fourth-order valence-corrected chi connectivity index (χ4v) is 2.27. The van der Waals surface area contributed by atoms with Crippen molar-refractivity contribution >= 4 is 23.6 Å². The number of carbonyl (C=O) groups is 1. The van der Waals surface area contributed by atoms with Crippen LogP contribution in [0.15, 0.2) is 65.7 Å². The van der Waals surface area contributed by atoms with Crippen molar-refractivity contribution < 1.29 is 4.79 Å². The van der Waals surface area contributed by atoms with Crippen LogP contribution in [-0.4, -0.2) is 27.9 Å². The van der Waals surface area contributed by atoms with E-state index in [9.17, 15) is 9.59 Å². The third-order valence-electron chi connectivity index (χ3n) is 3.56. The molecule has 0 bridgehead atoms. The molecule has 0 fully saturated rings. The average Bonchev–Trinajstić information content (AvgIpc) is 2.69. The fraction of sp³-hybridized carbons (Fsp3) is 0.0526. The minimum atomic E-state index is -0.393. The van der Waals surface area contributed by atoms with Gasteiger partial charge in [-0.25, -0.2) is 9.97 Å². The van der Waals surface area contributed by atoms with Crippen LogP contribution in [0.25, 0.3) is 17.3 Å². The first-order valence-corrected chi connectivity index (χ1v) is 7.94. The number of carbonyl (C=O) groups excluding carboxylic acids is 1. The number of hydrogen-bond acceptors (Lipinski definition) is 5. The first-order valence-electron chi connectivity index (χ1n) is 7.94. The minimum Gasteiger partial charge on any atom is -0.357 e. The molecule has 3 rings (SSSR count). The molecule has 0 saturated carbocycles. The van der Waals surface area contributed by atoms with Crippen LogP contribution in [0.2, 0.25) is 0 Å². The second kappa shape index (κ2) is 7.89. The number of rotatable bonds is 5. The van der Waals surface area contributed by atoms with E-state index >= 15 is 0 Å². The van der Waals surface area contributed by atoms with Crippen molar-refractivity contribution in [2.24, 2.45) is 0 Å². The van der Waals surface area contributed by atoms with Crippen LogP contribution in [0, 0.1) is 0 Å². The van der Waals surface area contributed by atoms with Crippen LogP contribution in [0.1, 0.15) is 5.56 Å². The van der Waals surface area contributed by atoms with Gasteiger partial charge in [0.25, 0.3) is 5.56 Å². The Hall–Kier alpha value is -3.74. The number of H-pyrrole nitrogens is 1. The van der Waals surface area contributed by atoms with E-state index in [-0.39, 0.29) is 5.69 Å². The SMILES string of the molecule is CNc1nccc(-c2c[nH]c(=O)c(NC(=O)C=Cc3ccccc3)c2)n1. The fourth-order valence-electron chi connectivity index (χ4n) is 2.27. The highest BCUT2D eigenvalue weighted by molar-refractivity contribution is 6.02. The van der Waals surface area contributed by atoms with E-state index < -0.39 is 11.5 Å². The van der Waals surface area contributed by atoms with E-state index in [1.54, 1.807) is 37.7 Å². The van der Waals surface area contributed by atoms with Crippen molar-refractivity contribution in [3.05, 3.63) is 76.9 Å². The molecule has 2 heterocycles. The molecule has 130 valence electrons. The van der Waals surface area contributed by atoms with Crippen molar-refractivity contribution in [2.75, 3.05) is 17.7 Å². The molecule has 7 nitrogen and oxygen atoms in total. The summed E-state index contributed by atoms with van der Waals surface area (Å²) in [6, 6.07) is 12.7. The van der Waals surface area contributed by atoms with Gasteiger partial charge < -0.3 is 15.6 Å². The molecule has 3 N–H and O–H groups in total. The van der Waals surface area contributed by atoms with E-state index in [0.29, 0.717) is 17.2 Å². The zero-order chi connectivity index (χ0) is 18.4. The van der Waals surface area contributed by atoms with Crippen molar-refractivity contribution in [3.8, 4) is 11.3 Å². The molecule has 7 heteroatoms. The third-order valence-corrected chi connectivity index (χ3v) is 3.56. The van der Waals surface area contributed by atoms with Gasteiger partial charge in [-0.1, -0.05) is 30.3 Å². The van der Waals surface area contributed by atoms with Gasteiger partial charge in [-0.3, -0.25) is 9.59 Å². The molecule has 26 heavy (non-hydrogen) atoms. The van der Waals surface area contributed by atoms with Crippen LogP contribution in [0.3, 0.4) is 0 Å². The van der Waals surface area contributed by atoms with E-state index in [0.717, 1.165) is 5.56 Å². The Balaban J connectivity index is 1.80. The van der Waals surface area contributed by atoms with Crippen LogP contribution < -0.4 is 16.2 Å². The van der Waals surface area contributed by atoms with Crippen LogP contribution in [0.4, 0.5) is 11.6 Å². The molecule has 0 aliphatic rings. The summed E-state index contributed by atoms with van der Waals surface area (Å²) in [7, 11) is 1.72. The lowest BCUT2D eigenvalue weighted by Gasteiger charge is -2.06. The number of aromatic amines is 1. The van der Waals surface area contributed by atoms with E-state index in [4.69, 9.17) is 0 Å². The second-order valence-corrected chi connectivity index (χ2v) is 5.38. The summed E-state index contributed by atoms with van der Waals surface area (Å²) < 4.78 is 0. The Morgan fingerprint density at radius 2 is 2.00 bits per heavy atom. The van der Waals surface area contributed by atoms with Gasteiger partial charge in [-0.2, -0.15) is 0 Å². The van der Waals surface area contributed by atoms with Crippen LogP contribution in [0.5, 0.6) is 0 Å². The lowest BCUT2D eigenvalue weighted by Crippen LogP contribution is -2.18. The maximum Gasteiger partial charge on any atom is 0.271 e. The summed E-state index contributed by atoms with van der Waals surface area (Å²) in [6.07, 6.45) is 6.21. The summed E-state index contributed by atoms with van der Waals surface area (Å²) in [5, 5.41) is 5.45. The van der Waals surface area contributed by atoms with Gasteiger partial charge in [0.1, 0.15) is 5.69 Å². The molecule has 1 amide bonds. The number of amides is 1. The topological polar surface area (TPSA) is 99.8 Å². The van der Waals surface area contributed by atoms with E-state index in [1.807, 2.05) is 30.3 Å². The number of aromatic nitrogens is 3. The Morgan fingerprint density at radius 1 is 1.19 bits per heavy atom. The maximum atomic E-state index is 12.1. The molecule has 0 aliphatic heterocycles. The van der Waals surface area contributed by atoms with Crippen molar-refractivity contribution in [3.63, 3.8) is 0 Å². The lowest BCUT2D eigenvalue weighted by molar-refractivity contribution is -0.111. The molecule has 3 aromatic rings. The van der Waals surface area contributed by atoms with Crippen molar-refractivity contribution in [1.29, 1.82) is 0 Å². The molecular formula is C19H17N5O2. The molecule has 0 unspecified atom stereocenters. The highest BCUT2D eigenvalue weighted by atomic mass is 16.2. The average molecular weight is 347 g/mol. The minimum absolute atomic E-state index is 0.148. The summed E-state index contributed by atoms with van der Waals surface area (Å²) >= 11 is 0. The summed E-state index contributed by atoms with van der Waals surface area (Å²) in [4.78, 5) is 35.1. The number of nitrogens with zero attached hydrogens (tertiary/aromatic N) is 2. The van der Waals surface area contributed by atoms with Gasteiger partial charge in [0.05, 0.1) is 5.69 Å². The maximum absolute atomic E-state index is 12.1. The monoisotopic (exact) mass is 347 g/mol. The van der Waals surface area contributed by atoms with Crippen molar-refractivity contribution in [2.45, 2.75) is 0 Å². The predicted octanol–water partition coefficient (Wildman–Crippen LogP) is 2.53. The van der Waals surface area contributed by atoms with Crippen LogP contribution >= 0.6 is 0 Å². The first-order chi connectivity index (χ1) is 12.7. The largest absolute Gasteiger partial charge is 0.357 e. The first kappa shape index (κ1) is 17.1. The van der Waals surface area contributed by atoms with Gasteiger partial charge in [-0.05, 0) is 23.8 Å². The Kier molecular flexibility index (Phi) is 5.19. The van der Waals surface area contributed by atoms with Gasteiger partial charge in [0.2, 0.25) is 11.9 Å². The summed E-state index contributed by atoms with van der Waals surface area (Å²) in [5.41, 5.74) is 1.93. The summed E-state index contributed by atoms with van der Waals surface area (Å²) in [6.45, 7) is 0. The van der Waals surface area contributed by atoms with Crippen LogP contribution in [-0.2, 0) is 4.79 Å². The zero-order valence-corrected chi connectivity index (χ0v) is 14.1. The van der Waals surface area contributed by atoms with E-state index in [2.05, 4.69) is 25.6 Å². The number of anilines is 2. The molecule has 2 aromatic heterocycles. The molecule has 0 atom stereocenters. The molecule has 0 radical (unpaired) electrons. The van der Waals surface area contributed by atoms with Crippen molar-refractivity contribution in [1.82, 2.24) is 15.0 Å². The smallest absolute Gasteiger partial charge is 0.271 e. The Morgan fingerprint density at radius 3 is 2.77 bits per heavy atom. The zero-order valence-electron chi connectivity index (χ0n) is 14.1. The number of hydrogen-bond donors (Lipinski definition) is 3. The highest BCUT2D eigenvalue weighted by Gasteiger charge is 2.08. The number of pyridine rings is 1. The highest BCUT2D eigenvalue weighted by Crippen LogP contribution is 2.18. The number of benzene rings is 1. The van der Waals surface area contributed by atoms with Gasteiger partial charge in [0.15, 0.2) is 0 Å². The third kappa shape index (κ3) is 4.21. The predicted molar refractivity (Wildman–Crippen MR) is 102 cm³/mol. The molecule has 0 saturated heterocycles. The van der Waals surface area contributed by atoms with Gasteiger partial charge in [-0.15, -0.1) is 0 Å².